The maximum absolute atomic E-state index is 10.9. The Bertz CT molecular complexity index is 583. The van der Waals surface area contributed by atoms with Gasteiger partial charge < -0.3 is 14.4 Å². The number of carbonyl (C=O) groups excluding carboxylic acids is 1. The van der Waals surface area contributed by atoms with Crippen molar-refractivity contribution < 1.29 is 9.53 Å². The number of carbonyl (C=O) groups is 1. The van der Waals surface area contributed by atoms with Gasteiger partial charge in [-0.2, -0.15) is 0 Å². The minimum Gasteiger partial charge on any atom is -0.367 e. The second-order valence-corrected chi connectivity index (χ2v) is 4.87. The largest absolute Gasteiger partial charge is 0.367 e. The van der Waals surface area contributed by atoms with Crippen molar-refractivity contribution in [3.8, 4) is 11.1 Å². The number of nitrogens with zero attached hydrogens (tertiary/aromatic N) is 1. The van der Waals surface area contributed by atoms with Crippen LogP contribution in [0.3, 0.4) is 0 Å². The molecule has 1 unspecified atom stereocenters. The summed E-state index contributed by atoms with van der Waals surface area (Å²) in [5.74, 6) is 0. The molecule has 0 N–H and O–H groups in total. The van der Waals surface area contributed by atoms with Gasteiger partial charge in [0.25, 0.3) is 0 Å². The zero-order chi connectivity index (χ0) is 13.8. The van der Waals surface area contributed by atoms with Crippen LogP contribution in [0.25, 0.3) is 11.1 Å². The van der Waals surface area contributed by atoms with Crippen LogP contribution in [0, 0.1) is 0 Å². The van der Waals surface area contributed by atoms with Crippen LogP contribution in [-0.2, 0) is 9.53 Å². The fourth-order valence-corrected chi connectivity index (χ4v) is 2.59. The van der Waals surface area contributed by atoms with Gasteiger partial charge in [0, 0.05) is 17.8 Å². The fraction of sp³-hybridized carbons (Fsp3) is 0.235. The van der Waals surface area contributed by atoms with Crippen molar-refractivity contribution in [3.63, 3.8) is 0 Å². The molecule has 0 aliphatic carbocycles. The summed E-state index contributed by atoms with van der Waals surface area (Å²) in [7, 11) is 0. The molecule has 1 saturated heterocycles. The van der Waals surface area contributed by atoms with Crippen molar-refractivity contribution in [3.05, 3.63) is 54.6 Å². The van der Waals surface area contributed by atoms with E-state index in [1.54, 1.807) is 0 Å². The molecule has 0 radical (unpaired) electrons. The summed E-state index contributed by atoms with van der Waals surface area (Å²) in [5, 5.41) is 0. The molecule has 1 aliphatic rings. The van der Waals surface area contributed by atoms with Crippen molar-refractivity contribution >= 4 is 12.0 Å². The first kappa shape index (κ1) is 12.9. The summed E-state index contributed by atoms with van der Waals surface area (Å²) in [4.78, 5) is 13.2. The molecular formula is C17H17NO2. The molecule has 3 nitrogen and oxygen atoms in total. The van der Waals surface area contributed by atoms with Gasteiger partial charge in [0.15, 0.2) is 6.29 Å². The van der Waals surface area contributed by atoms with Crippen LogP contribution >= 0.6 is 0 Å². The van der Waals surface area contributed by atoms with Crippen molar-refractivity contribution in [2.24, 2.45) is 0 Å². The van der Waals surface area contributed by atoms with Crippen molar-refractivity contribution in [2.45, 2.75) is 6.10 Å². The lowest BCUT2D eigenvalue weighted by Gasteiger charge is -2.33. The highest BCUT2D eigenvalue weighted by atomic mass is 16.5. The van der Waals surface area contributed by atoms with Crippen LogP contribution in [-0.4, -0.2) is 32.1 Å². The van der Waals surface area contributed by atoms with Crippen LogP contribution in [0.2, 0.25) is 0 Å². The van der Waals surface area contributed by atoms with E-state index in [9.17, 15) is 4.79 Å². The Morgan fingerprint density at radius 2 is 1.80 bits per heavy atom. The Hall–Kier alpha value is -2.13. The minimum absolute atomic E-state index is 0.326. The van der Waals surface area contributed by atoms with Gasteiger partial charge in [-0.1, -0.05) is 48.5 Å². The molecule has 20 heavy (non-hydrogen) atoms. The lowest BCUT2D eigenvalue weighted by molar-refractivity contribution is -0.118. The van der Waals surface area contributed by atoms with Gasteiger partial charge >= 0.3 is 0 Å². The van der Waals surface area contributed by atoms with Crippen LogP contribution in [0.1, 0.15) is 0 Å². The predicted molar refractivity (Wildman–Crippen MR) is 79.9 cm³/mol. The van der Waals surface area contributed by atoms with Crippen LogP contribution in [0.4, 0.5) is 5.69 Å². The number of morpholine rings is 1. The Labute approximate surface area is 118 Å². The van der Waals surface area contributed by atoms with Crippen molar-refractivity contribution in [2.75, 3.05) is 24.6 Å². The first-order chi connectivity index (χ1) is 9.88. The van der Waals surface area contributed by atoms with Gasteiger partial charge in [-0.15, -0.1) is 0 Å². The lowest BCUT2D eigenvalue weighted by atomic mass is 10.0. The Morgan fingerprint density at radius 3 is 2.60 bits per heavy atom. The maximum atomic E-state index is 10.9. The number of hydrogen-bond donors (Lipinski definition) is 0. The van der Waals surface area contributed by atoms with Gasteiger partial charge in [0.2, 0.25) is 0 Å². The molecule has 2 aromatic rings. The zero-order valence-electron chi connectivity index (χ0n) is 11.2. The number of rotatable bonds is 3. The molecule has 0 aromatic heterocycles. The molecule has 3 heteroatoms. The lowest BCUT2D eigenvalue weighted by Crippen LogP contribution is -2.43. The molecule has 0 saturated carbocycles. The number of anilines is 1. The molecule has 0 spiro atoms. The Kier molecular flexibility index (Phi) is 3.79. The third kappa shape index (κ3) is 2.58. The van der Waals surface area contributed by atoms with Gasteiger partial charge in [-0.3, -0.25) is 0 Å². The molecule has 0 bridgehead atoms. The third-order valence-corrected chi connectivity index (χ3v) is 3.57. The smallest absolute Gasteiger partial charge is 0.150 e. The zero-order valence-corrected chi connectivity index (χ0v) is 11.2. The van der Waals surface area contributed by atoms with Gasteiger partial charge in [-0.25, -0.2) is 0 Å². The van der Waals surface area contributed by atoms with Gasteiger partial charge in [0.05, 0.1) is 13.2 Å². The average molecular weight is 267 g/mol. The van der Waals surface area contributed by atoms with E-state index < -0.39 is 0 Å². The molecule has 1 heterocycles. The number of hydrogen-bond acceptors (Lipinski definition) is 3. The number of benzene rings is 2. The molecular weight excluding hydrogens is 250 g/mol. The van der Waals surface area contributed by atoms with E-state index in [2.05, 4.69) is 29.2 Å². The summed E-state index contributed by atoms with van der Waals surface area (Å²) in [6.07, 6.45) is 0.560. The molecule has 1 fully saturated rings. The molecule has 102 valence electrons. The summed E-state index contributed by atoms with van der Waals surface area (Å²) < 4.78 is 5.41. The predicted octanol–water partition coefficient (Wildman–Crippen LogP) is 2.76. The molecule has 0 amide bonds. The Balaban J connectivity index is 1.96. The van der Waals surface area contributed by atoms with Gasteiger partial charge in [0.1, 0.15) is 6.10 Å². The molecule has 1 aliphatic heterocycles. The highest BCUT2D eigenvalue weighted by molar-refractivity contribution is 5.79. The standard InChI is InChI=1S/C17H17NO2/c19-13-15-12-18(10-11-20-15)17-9-5-4-8-16(17)14-6-2-1-3-7-14/h1-9,13,15H,10-12H2. The first-order valence-electron chi connectivity index (χ1n) is 6.85. The number of aldehydes is 1. The topological polar surface area (TPSA) is 29.5 Å². The van der Waals surface area contributed by atoms with E-state index >= 15 is 0 Å². The normalized spacial score (nSPS) is 18.8. The van der Waals surface area contributed by atoms with E-state index in [1.165, 1.54) is 11.1 Å². The number of ether oxygens (including phenoxy) is 1. The second kappa shape index (κ2) is 5.88. The average Bonchev–Trinajstić information content (AvgIpc) is 2.56. The van der Waals surface area contributed by atoms with Crippen molar-refractivity contribution in [1.29, 1.82) is 0 Å². The van der Waals surface area contributed by atoms with Crippen LogP contribution < -0.4 is 4.90 Å². The number of para-hydroxylation sites is 1. The summed E-state index contributed by atoms with van der Waals surface area (Å²) in [6, 6.07) is 18.6. The van der Waals surface area contributed by atoms with Crippen LogP contribution in [0.5, 0.6) is 0 Å². The van der Waals surface area contributed by atoms with E-state index in [-0.39, 0.29) is 6.10 Å². The first-order valence-corrected chi connectivity index (χ1v) is 6.85. The summed E-state index contributed by atoms with van der Waals surface area (Å²) in [6.45, 7) is 2.02. The van der Waals surface area contributed by atoms with E-state index in [4.69, 9.17) is 4.74 Å². The molecule has 1 atom stereocenters. The summed E-state index contributed by atoms with van der Waals surface area (Å²) >= 11 is 0. The SMILES string of the molecule is O=CC1CN(c2ccccc2-c2ccccc2)CCO1. The van der Waals surface area contributed by atoms with E-state index in [1.807, 2.05) is 30.3 Å². The van der Waals surface area contributed by atoms with E-state index in [0.717, 1.165) is 18.5 Å². The second-order valence-electron chi connectivity index (χ2n) is 4.87. The maximum Gasteiger partial charge on any atom is 0.150 e. The monoisotopic (exact) mass is 267 g/mol. The highest BCUT2D eigenvalue weighted by Crippen LogP contribution is 2.31. The fourth-order valence-electron chi connectivity index (χ4n) is 2.59. The Morgan fingerprint density at radius 1 is 1.05 bits per heavy atom. The third-order valence-electron chi connectivity index (χ3n) is 3.57. The highest BCUT2D eigenvalue weighted by Gasteiger charge is 2.21. The van der Waals surface area contributed by atoms with Crippen molar-refractivity contribution in [1.82, 2.24) is 0 Å². The van der Waals surface area contributed by atoms with E-state index in [0.29, 0.717) is 13.2 Å². The van der Waals surface area contributed by atoms with Gasteiger partial charge in [-0.05, 0) is 11.6 Å². The summed E-state index contributed by atoms with van der Waals surface area (Å²) in [5.41, 5.74) is 3.55. The molecule has 3 rings (SSSR count). The minimum atomic E-state index is -0.326. The quantitative estimate of drug-likeness (QED) is 0.801. The van der Waals surface area contributed by atoms with Crippen LogP contribution in [0.15, 0.2) is 54.6 Å². The molecule has 2 aromatic carbocycles.